The number of hydrogen-bond acceptors (Lipinski definition) is 5. The van der Waals surface area contributed by atoms with Crippen LogP contribution in [0.3, 0.4) is 0 Å². The molecule has 0 amide bonds. The van der Waals surface area contributed by atoms with Gasteiger partial charge in [0.05, 0.1) is 19.3 Å². The van der Waals surface area contributed by atoms with Crippen molar-refractivity contribution in [3.8, 4) is 6.07 Å². The second kappa shape index (κ2) is 7.01. The topological polar surface area (TPSA) is 85.3 Å². The molecule has 0 saturated carbocycles. The lowest BCUT2D eigenvalue weighted by Gasteiger charge is -2.30. The summed E-state index contributed by atoms with van der Waals surface area (Å²) in [6.07, 6.45) is 0.112. The first-order valence-electron chi connectivity index (χ1n) is 6.55. The quantitative estimate of drug-likeness (QED) is 0.782. The predicted octanol–water partition coefficient (Wildman–Crippen LogP) is 2.98. The molecule has 0 aliphatic carbocycles. The molecule has 1 atom stereocenters. The first kappa shape index (κ1) is 16.9. The summed E-state index contributed by atoms with van der Waals surface area (Å²) in [6, 6.07) is 9.46. The standard InChI is InChI=1S/C14H21N2O3P/c1-4-18-20(17,19-5-2)14(16,11-15)10-13-8-6-12(3)7-9-13/h6-9H,4-5,10,16H2,1-3H3/t14-/m1/s1. The van der Waals surface area contributed by atoms with Crippen LogP contribution in [-0.2, 0) is 20.0 Å². The summed E-state index contributed by atoms with van der Waals surface area (Å²) in [5.74, 6) is 0. The van der Waals surface area contributed by atoms with E-state index in [-0.39, 0.29) is 19.6 Å². The fourth-order valence-corrected chi connectivity index (χ4v) is 3.54. The summed E-state index contributed by atoms with van der Waals surface area (Å²) < 4.78 is 23.2. The maximum Gasteiger partial charge on any atom is 0.365 e. The zero-order valence-corrected chi connectivity index (χ0v) is 13.0. The van der Waals surface area contributed by atoms with Crippen molar-refractivity contribution >= 4 is 7.60 Å². The Kier molecular flexibility index (Phi) is 5.91. The van der Waals surface area contributed by atoms with Crippen LogP contribution in [0, 0.1) is 18.3 Å². The van der Waals surface area contributed by atoms with Crippen LogP contribution in [-0.4, -0.2) is 18.5 Å². The van der Waals surface area contributed by atoms with Gasteiger partial charge in [0.2, 0.25) is 5.28 Å². The first-order valence-corrected chi connectivity index (χ1v) is 8.10. The van der Waals surface area contributed by atoms with Crippen LogP contribution in [0.5, 0.6) is 0 Å². The highest BCUT2D eigenvalue weighted by Gasteiger charge is 2.48. The van der Waals surface area contributed by atoms with Gasteiger partial charge >= 0.3 is 7.60 Å². The predicted molar refractivity (Wildman–Crippen MR) is 78.3 cm³/mol. The monoisotopic (exact) mass is 296 g/mol. The largest absolute Gasteiger partial charge is 0.365 e. The third kappa shape index (κ3) is 3.68. The van der Waals surface area contributed by atoms with E-state index in [0.717, 1.165) is 11.1 Å². The molecule has 0 spiro atoms. The molecule has 0 radical (unpaired) electrons. The lowest BCUT2D eigenvalue weighted by Crippen LogP contribution is -2.41. The molecule has 0 saturated heterocycles. The summed E-state index contributed by atoms with van der Waals surface area (Å²) in [6.45, 7) is 5.69. The Labute approximate surface area is 120 Å². The number of hydrogen-bond donors (Lipinski definition) is 1. The van der Waals surface area contributed by atoms with Crippen LogP contribution in [0.1, 0.15) is 25.0 Å². The normalized spacial score (nSPS) is 14.6. The molecule has 2 N–H and O–H groups in total. The average molecular weight is 296 g/mol. The van der Waals surface area contributed by atoms with Gasteiger partial charge in [-0.1, -0.05) is 29.8 Å². The van der Waals surface area contributed by atoms with Gasteiger partial charge in [0, 0.05) is 6.42 Å². The summed E-state index contributed by atoms with van der Waals surface area (Å²) in [7, 11) is -3.70. The maximum absolute atomic E-state index is 12.7. The smallest absolute Gasteiger partial charge is 0.307 e. The Hall–Kier alpha value is -1.18. The molecular formula is C14H21N2O3P. The van der Waals surface area contributed by atoms with Gasteiger partial charge in [0.1, 0.15) is 0 Å². The summed E-state index contributed by atoms with van der Waals surface area (Å²) in [4.78, 5) is 0. The van der Waals surface area contributed by atoms with Crippen molar-refractivity contribution in [1.82, 2.24) is 0 Å². The molecule has 1 aromatic carbocycles. The van der Waals surface area contributed by atoms with Crippen molar-refractivity contribution in [2.75, 3.05) is 13.2 Å². The fourth-order valence-electron chi connectivity index (χ4n) is 1.82. The zero-order valence-electron chi connectivity index (χ0n) is 12.1. The Balaban J connectivity index is 3.09. The molecule has 6 heteroatoms. The Morgan fingerprint density at radius 2 is 1.75 bits per heavy atom. The molecule has 0 aromatic heterocycles. The van der Waals surface area contributed by atoms with Crippen molar-refractivity contribution in [2.45, 2.75) is 32.5 Å². The molecule has 1 rings (SSSR count). The molecule has 0 aliphatic rings. The third-order valence-electron chi connectivity index (χ3n) is 2.87. The van der Waals surface area contributed by atoms with Gasteiger partial charge < -0.3 is 14.8 Å². The molecule has 110 valence electrons. The van der Waals surface area contributed by atoms with Gasteiger partial charge in [-0.05, 0) is 26.3 Å². The van der Waals surface area contributed by atoms with Crippen LogP contribution < -0.4 is 5.73 Å². The average Bonchev–Trinajstić information content (AvgIpc) is 2.41. The Bertz CT molecular complexity index is 514. The van der Waals surface area contributed by atoms with E-state index in [1.54, 1.807) is 13.8 Å². The van der Waals surface area contributed by atoms with E-state index in [1.165, 1.54) is 0 Å². The third-order valence-corrected chi connectivity index (χ3v) is 5.31. The number of nitriles is 1. The van der Waals surface area contributed by atoms with Crippen LogP contribution in [0.15, 0.2) is 24.3 Å². The number of nitrogens with zero attached hydrogens (tertiary/aromatic N) is 1. The molecule has 0 fully saturated rings. The first-order chi connectivity index (χ1) is 9.40. The van der Waals surface area contributed by atoms with E-state index < -0.39 is 12.9 Å². The highest BCUT2D eigenvalue weighted by molar-refractivity contribution is 7.55. The number of benzene rings is 1. The second-order valence-electron chi connectivity index (χ2n) is 4.53. The van der Waals surface area contributed by atoms with E-state index in [0.29, 0.717) is 0 Å². The van der Waals surface area contributed by atoms with Gasteiger partial charge in [0.25, 0.3) is 0 Å². The molecule has 0 bridgehead atoms. The van der Waals surface area contributed by atoms with Gasteiger partial charge in [-0.25, -0.2) is 0 Å². The minimum atomic E-state index is -3.70. The lowest BCUT2D eigenvalue weighted by molar-refractivity contribution is 0.204. The van der Waals surface area contributed by atoms with E-state index in [1.807, 2.05) is 37.3 Å². The van der Waals surface area contributed by atoms with Gasteiger partial charge in [-0.3, -0.25) is 4.57 Å². The van der Waals surface area contributed by atoms with Crippen LogP contribution in [0.2, 0.25) is 0 Å². The van der Waals surface area contributed by atoms with Crippen LogP contribution in [0.4, 0.5) is 0 Å². The molecule has 0 heterocycles. The fraction of sp³-hybridized carbons (Fsp3) is 0.500. The Morgan fingerprint density at radius 1 is 1.25 bits per heavy atom. The minimum absolute atomic E-state index is 0.112. The number of nitrogens with two attached hydrogens (primary N) is 1. The van der Waals surface area contributed by atoms with E-state index >= 15 is 0 Å². The maximum atomic E-state index is 12.7. The molecule has 1 aromatic rings. The zero-order chi connectivity index (χ0) is 15.2. The second-order valence-corrected chi connectivity index (χ2v) is 6.84. The van der Waals surface area contributed by atoms with Crippen molar-refractivity contribution < 1.29 is 13.6 Å². The number of aryl methyl sites for hydroxylation is 1. The number of rotatable bonds is 7. The summed E-state index contributed by atoms with van der Waals surface area (Å²) in [5, 5.41) is 7.70. The van der Waals surface area contributed by atoms with E-state index in [4.69, 9.17) is 14.8 Å². The van der Waals surface area contributed by atoms with Gasteiger partial charge in [-0.15, -0.1) is 0 Å². The molecule has 0 aliphatic heterocycles. The highest BCUT2D eigenvalue weighted by Crippen LogP contribution is 2.58. The summed E-state index contributed by atoms with van der Waals surface area (Å²) in [5.41, 5.74) is 7.97. The van der Waals surface area contributed by atoms with Crippen molar-refractivity contribution in [2.24, 2.45) is 5.73 Å². The van der Waals surface area contributed by atoms with Gasteiger partial charge in [0.15, 0.2) is 0 Å². The SMILES string of the molecule is CCOP(=O)(OCC)[C@@](N)(C#N)Cc1ccc(C)cc1. The van der Waals surface area contributed by atoms with E-state index in [2.05, 4.69) is 0 Å². The molecule has 20 heavy (non-hydrogen) atoms. The molecule has 0 unspecified atom stereocenters. The van der Waals surface area contributed by atoms with Crippen molar-refractivity contribution in [3.05, 3.63) is 35.4 Å². The molecule has 5 nitrogen and oxygen atoms in total. The highest BCUT2D eigenvalue weighted by atomic mass is 31.2. The van der Waals surface area contributed by atoms with Crippen molar-refractivity contribution in [3.63, 3.8) is 0 Å². The van der Waals surface area contributed by atoms with Gasteiger partial charge in [-0.2, -0.15) is 5.26 Å². The molecular weight excluding hydrogens is 275 g/mol. The van der Waals surface area contributed by atoms with Crippen LogP contribution in [0.25, 0.3) is 0 Å². The summed E-state index contributed by atoms with van der Waals surface area (Å²) >= 11 is 0. The minimum Gasteiger partial charge on any atom is -0.307 e. The lowest BCUT2D eigenvalue weighted by atomic mass is 10.1. The van der Waals surface area contributed by atoms with Crippen LogP contribution >= 0.6 is 7.60 Å². The Morgan fingerprint density at radius 3 is 2.15 bits per heavy atom. The van der Waals surface area contributed by atoms with Crippen molar-refractivity contribution in [1.29, 1.82) is 5.26 Å². The van der Waals surface area contributed by atoms with E-state index in [9.17, 15) is 9.83 Å².